The second kappa shape index (κ2) is 9.00. The van der Waals surface area contributed by atoms with Gasteiger partial charge in [-0.3, -0.25) is 9.69 Å². The van der Waals surface area contributed by atoms with Crippen LogP contribution in [0.1, 0.15) is 58.8 Å². The summed E-state index contributed by atoms with van der Waals surface area (Å²) in [6.45, 7) is 7.43. The molecule has 31 heavy (non-hydrogen) atoms. The molecule has 1 unspecified atom stereocenters. The number of aryl methyl sites for hydroxylation is 1. The third-order valence-corrected chi connectivity index (χ3v) is 8.46. The molecule has 0 saturated carbocycles. The highest BCUT2D eigenvalue weighted by molar-refractivity contribution is 7.17. The van der Waals surface area contributed by atoms with Gasteiger partial charge in [-0.05, 0) is 86.9 Å². The Kier molecular flexibility index (Phi) is 6.13. The zero-order valence-electron chi connectivity index (χ0n) is 18.2. The Labute approximate surface area is 188 Å². The molecular formula is C25H31FN2O2S. The van der Waals surface area contributed by atoms with Gasteiger partial charge in [0.15, 0.2) is 0 Å². The number of nitrogens with zero attached hydrogens (tertiary/aromatic N) is 2. The number of thiophene rings is 1. The Morgan fingerprint density at radius 3 is 2.55 bits per heavy atom. The van der Waals surface area contributed by atoms with E-state index in [4.69, 9.17) is 4.74 Å². The van der Waals surface area contributed by atoms with Gasteiger partial charge in [0, 0.05) is 30.6 Å². The van der Waals surface area contributed by atoms with Crippen molar-refractivity contribution in [2.75, 3.05) is 39.4 Å². The molecule has 1 atom stereocenters. The molecule has 3 saturated heterocycles. The topological polar surface area (TPSA) is 32.8 Å². The summed E-state index contributed by atoms with van der Waals surface area (Å²) >= 11 is 1.50. The fourth-order valence-electron chi connectivity index (χ4n) is 5.30. The molecule has 1 amide bonds. The van der Waals surface area contributed by atoms with Gasteiger partial charge < -0.3 is 9.64 Å². The predicted octanol–water partition coefficient (Wildman–Crippen LogP) is 5.07. The number of piperidine rings is 1. The van der Waals surface area contributed by atoms with Crippen molar-refractivity contribution >= 4 is 17.2 Å². The predicted molar refractivity (Wildman–Crippen MR) is 122 cm³/mol. The second-order valence-corrected chi connectivity index (χ2v) is 10.2. The number of amides is 1. The fourth-order valence-corrected chi connectivity index (χ4v) is 6.43. The Bertz CT molecular complexity index is 939. The number of halogens is 1. The molecule has 6 heteroatoms. The lowest BCUT2D eigenvalue weighted by Crippen LogP contribution is -2.41. The molecule has 3 aliphatic rings. The van der Waals surface area contributed by atoms with Gasteiger partial charge in [0.25, 0.3) is 5.91 Å². The number of hydrogen-bond acceptors (Lipinski definition) is 4. The zero-order valence-corrected chi connectivity index (χ0v) is 19.1. The molecule has 0 N–H and O–H groups in total. The lowest BCUT2D eigenvalue weighted by atomic mass is 9.88. The summed E-state index contributed by atoms with van der Waals surface area (Å²) in [5.41, 5.74) is 2.70. The van der Waals surface area contributed by atoms with Crippen LogP contribution in [0.15, 0.2) is 24.3 Å². The summed E-state index contributed by atoms with van der Waals surface area (Å²) in [6, 6.07) is 8.26. The van der Waals surface area contributed by atoms with E-state index < -0.39 is 0 Å². The summed E-state index contributed by atoms with van der Waals surface area (Å²) in [6.07, 6.45) is 5.29. The largest absolute Gasteiger partial charge is 0.380 e. The molecule has 4 heterocycles. The Morgan fingerprint density at radius 2 is 1.87 bits per heavy atom. The lowest BCUT2D eigenvalue weighted by Gasteiger charge is -2.35. The molecule has 4 nitrogen and oxygen atoms in total. The van der Waals surface area contributed by atoms with E-state index in [1.807, 2.05) is 30.0 Å². The lowest BCUT2D eigenvalue weighted by molar-refractivity contribution is 0.0797. The summed E-state index contributed by atoms with van der Waals surface area (Å²) in [5.74, 6) is 0.298. The first kappa shape index (κ1) is 21.1. The van der Waals surface area contributed by atoms with Crippen LogP contribution < -0.4 is 0 Å². The second-order valence-electron chi connectivity index (χ2n) is 9.19. The minimum atomic E-state index is -0.112. The van der Waals surface area contributed by atoms with Gasteiger partial charge in [0.05, 0.1) is 11.5 Å². The molecule has 1 aromatic heterocycles. The molecule has 2 aromatic rings. The Balaban J connectivity index is 1.29. The quantitative estimate of drug-likeness (QED) is 0.663. The number of carbonyl (C=O) groups is 1. The molecule has 3 fully saturated rings. The fraction of sp³-hybridized carbons (Fsp3) is 0.560. The maximum Gasteiger partial charge on any atom is 0.264 e. The highest BCUT2D eigenvalue weighted by Gasteiger charge is 2.29. The smallest absolute Gasteiger partial charge is 0.264 e. The summed E-state index contributed by atoms with van der Waals surface area (Å²) < 4.78 is 20.7. The normalized spacial score (nSPS) is 23.0. The third-order valence-electron chi connectivity index (χ3n) is 7.18. The van der Waals surface area contributed by atoms with Gasteiger partial charge in [-0.1, -0.05) is 12.1 Å². The number of benzene rings is 1. The molecule has 0 bridgehead atoms. The molecule has 3 aliphatic heterocycles. The number of likely N-dealkylation sites (tertiary alicyclic amines) is 2. The van der Waals surface area contributed by atoms with Gasteiger partial charge in [-0.25, -0.2) is 4.39 Å². The van der Waals surface area contributed by atoms with Crippen LogP contribution in [0.25, 0.3) is 10.4 Å². The number of hydrogen-bond donors (Lipinski definition) is 0. The van der Waals surface area contributed by atoms with Crippen molar-refractivity contribution in [2.45, 2.75) is 51.0 Å². The number of carbonyl (C=O) groups excluding carboxylic acids is 1. The SMILES string of the molecule is Cc1cc(-c2ccc(C3CCN(C4CCOC4)CC3)c(F)c2)sc1C(=O)N1CCCC1. The van der Waals surface area contributed by atoms with Crippen LogP contribution in [0, 0.1) is 12.7 Å². The number of rotatable bonds is 4. The maximum atomic E-state index is 15.1. The van der Waals surface area contributed by atoms with E-state index in [0.29, 0.717) is 6.04 Å². The molecule has 1 aromatic carbocycles. The average Bonchev–Trinajstić information content (AvgIpc) is 3.55. The van der Waals surface area contributed by atoms with Gasteiger partial charge in [0.1, 0.15) is 5.82 Å². The van der Waals surface area contributed by atoms with Gasteiger partial charge in [0.2, 0.25) is 0 Å². The van der Waals surface area contributed by atoms with Crippen molar-refractivity contribution < 1.29 is 13.9 Å². The van der Waals surface area contributed by atoms with Crippen LogP contribution in [-0.4, -0.2) is 61.1 Å². The van der Waals surface area contributed by atoms with Gasteiger partial charge in [-0.15, -0.1) is 11.3 Å². The van der Waals surface area contributed by atoms with Crippen LogP contribution in [0.3, 0.4) is 0 Å². The van der Waals surface area contributed by atoms with Gasteiger partial charge >= 0.3 is 0 Å². The van der Waals surface area contributed by atoms with E-state index >= 15 is 4.39 Å². The molecule has 0 spiro atoms. The van der Waals surface area contributed by atoms with E-state index in [9.17, 15) is 4.79 Å². The van der Waals surface area contributed by atoms with E-state index in [-0.39, 0.29) is 17.6 Å². The molecule has 0 radical (unpaired) electrons. The summed E-state index contributed by atoms with van der Waals surface area (Å²) in [5, 5.41) is 0. The number of ether oxygens (including phenoxy) is 1. The minimum Gasteiger partial charge on any atom is -0.380 e. The van der Waals surface area contributed by atoms with Crippen molar-refractivity contribution in [1.82, 2.24) is 9.80 Å². The van der Waals surface area contributed by atoms with E-state index in [0.717, 1.165) is 97.9 Å². The van der Waals surface area contributed by atoms with E-state index in [1.165, 1.54) is 11.3 Å². The first-order valence-corrected chi connectivity index (χ1v) is 12.4. The summed E-state index contributed by atoms with van der Waals surface area (Å²) in [4.78, 5) is 19.0. The highest BCUT2D eigenvalue weighted by atomic mass is 32.1. The maximum absolute atomic E-state index is 15.1. The van der Waals surface area contributed by atoms with Crippen molar-refractivity contribution in [3.8, 4) is 10.4 Å². The van der Waals surface area contributed by atoms with Gasteiger partial charge in [-0.2, -0.15) is 0 Å². The monoisotopic (exact) mass is 442 g/mol. The molecule has 166 valence electrons. The van der Waals surface area contributed by atoms with Crippen LogP contribution in [0.4, 0.5) is 4.39 Å². The summed E-state index contributed by atoms with van der Waals surface area (Å²) in [7, 11) is 0. The van der Waals surface area contributed by atoms with Crippen molar-refractivity contribution in [3.05, 3.63) is 46.1 Å². The highest BCUT2D eigenvalue weighted by Crippen LogP contribution is 2.36. The molecular weight excluding hydrogens is 411 g/mol. The first-order chi connectivity index (χ1) is 15.1. The van der Waals surface area contributed by atoms with Crippen molar-refractivity contribution in [3.63, 3.8) is 0 Å². The van der Waals surface area contributed by atoms with Crippen LogP contribution in [0.5, 0.6) is 0 Å². The van der Waals surface area contributed by atoms with Crippen LogP contribution in [-0.2, 0) is 4.74 Å². The molecule has 0 aliphatic carbocycles. The van der Waals surface area contributed by atoms with Crippen molar-refractivity contribution in [1.29, 1.82) is 0 Å². The van der Waals surface area contributed by atoms with E-state index in [2.05, 4.69) is 4.90 Å². The van der Waals surface area contributed by atoms with Crippen LogP contribution >= 0.6 is 11.3 Å². The third kappa shape index (κ3) is 4.30. The average molecular weight is 443 g/mol. The zero-order chi connectivity index (χ0) is 21.4. The van der Waals surface area contributed by atoms with Crippen molar-refractivity contribution in [2.24, 2.45) is 0 Å². The van der Waals surface area contributed by atoms with E-state index in [1.54, 1.807) is 6.07 Å². The standard InChI is InChI=1S/C25H31FN2O2S/c1-17-14-23(31-24(17)25(29)28-9-2-3-10-28)19-4-5-21(22(26)15-19)18-6-11-27(12-7-18)20-8-13-30-16-20/h4-5,14-15,18,20H,2-3,6-13,16H2,1H3. The molecule has 5 rings (SSSR count). The van der Waals surface area contributed by atoms with Crippen LogP contribution in [0.2, 0.25) is 0 Å². The Hall–Kier alpha value is -1.76. The minimum absolute atomic E-state index is 0.112. The Morgan fingerprint density at radius 1 is 1.10 bits per heavy atom. The first-order valence-electron chi connectivity index (χ1n) is 11.6.